The molecule has 126 valence electrons. The van der Waals surface area contributed by atoms with Crippen LogP contribution in [0, 0.1) is 5.92 Å². The van der Waals surface area contributed by atoms with Crippen LogP contribution in [0.15, 0.2) is 18.2 Å². The van der Waals surface area contributed by atoms with E-state index < -0.39 is 6.04 Å². The molecule has 1 aromatic carbocycles. The van der Waals surface area contributed by atoms with Crippen molar-refractivity contribution >= 4 is 35.6 Å². The predicted octanol–water partition coefficient (Wildman–Crippen LogP) is 1.69. The molecule has 3 rings (SSSR count). The second-order valence-corrected chi connectivity index (χ2v) is 5.88. The number of fused-ring (bicyclic) bond motifs is 1. The van der Waals surface area contributed by atoms with E-state index in [0.717, 1.165) is 29.8 Å². The standard InChI is InChI=1S/C16H21N3O3.ClH/c17-15(10-5-7-22-8-6-10)16(21)18-12-2-3-13-11(9-12)1-4-14(20)19-13;/h2-3,9-10,15H,1,4-8,17H2,(H,18,21)(H,19,20);1H. The maximum Gasteiger partial charge on any atom is 0.241 e. The van der Waals surface area contributed by atoms with Gasteiger partial charge in [0, 0.05) is 31.0 Å². The minimum Gasteiger partial charge on any atom is -0.381 e. The Morgan fingerprint density at radius 3 is 2.78 bits per heavy atom. The number of nitrogens with one attached hydrogen (secondary N) is 2. The average molecular weight is 340 g/mol. The van der Waals surface area contributed by atoms with E-state index in [-0.39, 0.29) is 30.1 Å². The van der Waals surface area contributed by atoms with Crippen LogP contribution in [0.3, 0.4) is 0 Å². The number of amides is 2. The molecule has 4 N–H and O–H groups in total. The molecule has 23 heavy (non-hydrogen) atoms. The Balaban J connectivity index is 0.00000192. The van der Waals surface area contributed by atoms with Crippen molar-refractivity contribution in [2.45, 2.75) is 31.7 Å². The number of aryl methyl sites for hydroxylation is 1. The van der Waals surface area contributed by atoms with Gasteiger partial charge in [0.05, 0.1) is 6.04 Å². The van der Waals surface area contributed by atoms with Crippen LogP contribution in [0.25, 0.3) is 0 Å². The van der Waals surface area contributed by atoms with Crippen molar-refractivity contribution in [3.63, 3.8) is 0 Å². The zero-order valence-corrected chi connectivity index (χ0v) is 13.7. The van der Waals surface area contributed by atoms with E-state index >= 15 is 0 Å². The van der Waals surface area contributed by atoms with E-state index in [1.165, 1.54) is 0 Å². The highest BCUT2D eigenvalue weighted by Gasteiger charge is 2.26. The van der Waals surface area contributed by atoms with Gasteiger partial charge in [-0.2, -0.15) is 0 Å². The van der Waals surface area contributed by atoms with Crippen molar-refractivity contribution < 1.29 is 14.3 Å². The summed E-state index contributed by atoms with van der Waals surface area (Å²) < 4.78 is 5.30. The zero-order chi connectivity index (χ0) is 15.5. The lowest BCUT2D eigenvalue weighted by molar-refractivity contribution is -0.119. The maximum atomic E-state index is 12.3. The molecule has 0 radical (unpaired) electrons. The summed E-state index contributed by atoms with van der Waals surface area (Å²) in [7, 11) is 0. The predicted molar refractivity (Wildman–Crippen MR) is 90.8 cm³/mol. The normalized spacial score (nSPS) is 19.1. The first-order valence-electron chi connectivity index (χ1n) is 7.70. The quantitative estimate of drug-likeness (QED) is 0.781. The lowest BCUT2D eigenvalue weighted by Gasteiger charge is -2.27. The number of ether oxygens (including phenoxy) is 1. The van der Waals surface area contributed by atoms with Crippen LogP contribution in [-0.4, -0.2) is 31.1 Å². The highest BCUT2D eigenvalue weighted by molar-refractivity contribution is 5.97. The van der Waals surface area contributed by atoms with Crippen molar-refractivity contribution in [1.82, 2.24) is 0 Å². The Kier molecular flexibility index (Phi) is 5.98. The zero-order valence-electron chi connectivity index (χ0n) is 12.8. The number of carbonyl (C=O) groups excluding carboxylic acids is 2. The highest BCUT2D eigenvalue weighted by Crippen LogP contribution is 2.26. The van der Waals surface area contributed by atoms with Gasteiger partial charge in [-0.15, -0.1) is 12.4 Å². The van der Waals surface area contributed by atoms with Crippen LogP contribution in [0.2, 0.25) is 0 Å². The van der Waals surface area contributed by atoms with Gasteiger partial charge >= 0.3 is 0 Å². The lowest BCUT2D eigenvalue weighted by atomic mass is 9.92. The summed E-state index contributed by atoms with van der Waals surface area (Å²) >= 11 is 0. The first kappa shape index (κ1) is 17.7. The third kappa shape index (κ3) is 4.22. The molecule has 0 bridgehead atoms. The summed E-state index contributed by atoms with van der Waals surface area (Å²) in [5, 5.41) is 5.71. The SMILES string of the molecule is Cl.NC(C(=O)Nc1ccc2c(c1)CCC(=O)N2)C1CCOCC1. The van der Waals surface area contributed by atoms with Crippen LogP contribution < -0.4 is 16.4 Å². The minimum absolute atomic E-state index is 0. The molecule has 2 aliphatic heterocycles. The van der Waals surface area contributed by atoms with Gasteiger partial charge in [-0.3, -0.25) is 9.59 Å². The Morgan fingerprint density at radius 2 is 2.04 bits per heavy atom. The molecule has 6 nitrogen and oxygen atoms in total. The molecule has 1 fully saturated rings. The third-order valence-electron chi connectivity index (χ3n) is 4.34. The van der Waals surface area contributed by atoms with Gasteiger partial charge in [-0.25, -0.2) is 0 Å². The fourth-order valence-electron chi connectivity index (χ4n) is 2.98. The van der Waals surface area contributed by atoms with E-state index in [1.807, 2.05) is 12.1 Å². The van der Waals surface area contributed by atoms with E-state index in [1.54, 1.807) is 6.07 Å². The topological polar surface area (TPSA) is 93.5 Å². The molecule has 0 spiro atoms. The second kappa shape index (κ2) is 7.77. The molecule has 1 atom stereocenters. The monoisotopic (exact) mass is 339 g/mol. The molecule has 2 amide bonds. The van der Waals surface area contributed by atoms with Crippen molar-refractivity contribution in [3.8, 4) is 0 Å². The highest BCUT2D eigenvalue weighted by atomic mass is 35.5. The fourth-order valence-corrected chi connectivity index (χ4v) is 2.98. The number of anilines is 2. The largest absolute Gasteiger partial charge is 0.381 e. The fraction of sp³-hybridized carbons (Fsp3) is 0.500. The van der Waals surface area contributed by atoms with Gasteiger partial charge in [0.2, 0.25) is 11.8 Å². The summed E-state index contributed by atoms with van der Waals surface area (Å²) in [5.41, 5.74) is 8.66. The minimum atomic E-state index is -0.514. The second-order valence-electron chi connectivity index (χ2n) is 5.88. The summed E-state index contributed by atoms with van der Waals surface area (Å²) in [6.07, 6.45) is 2.82. The van der Waals surface area contributed by atoms with E-state index in [2.05, 4.69) is 10.6 Å². The molecule has 2 heterocycles. The molecule has 1 aromatic rings. The molecule has 0 aromatic heterocycles. The van der Waals surface area contributed by atoms with Gasteiger partial charge in [0.25, 0.3) is 0 Å². The average Bonchev–Trinajstić information content (AvgIpc) is 2.55. The number of rotatable bonds is 3. The van der Waals surface area contributed by atoms with Crippen LogP contribution in [-0.2, 0) is 20.7 Å². The Hall–Kier alpha value is -1.63. The molecular weight excluding hydrogens is 318 g/mol. The number of nitrogens with two attached hydrogens (primary N) is 1. The molecule has 1 saturated heterocycles. The first-order chi connectivity index (χ1) is 10.6. The van der Waals surface area contributed by atoms with E-state index in [0.29, 0.717) is 26.1 Å². The summed E-state index contributed by atoms with van der Waals surface area (Å²) in [6, 6.07) is 5.00. The van der Waals surface area contributed by atoms with Gasteiger partial charge < -0.3 is 21.1 Å². The lowest BCUT2D eigenvalue weighted by Crippen LogP contribution is -2.44. The van der Waals surface area contributed by atoms with Crippen molar-refractivity contribution in [2.75, 3.05) is 23.8 Å². The van der Waals surface area contributed by atoms with Gasteiger partial charge in [0.15, 0.2) is 0 Å². The number of halogens is 1. The van der Waals surface area contributed by atoms with Crippen LogP contribution >= 0.6 is 12.4 Å². The maximum absolute atomic E-state index is 12.3. The number of benzene rings is 1. The van der Waals surface area contributed by atoms with Gasteiger partial charge in [0.1, 0.15) is 0 Å². The Bertz CT molecular complexity index is 588. The van der Waals surface area contributed by atoms with Crippen LogP contribution in [0.4, 0.5) is 11.4 Å². The number of carbonyl (C=O) groups is 2. The Morgan fingerprint density at radius 1 is 1.30 bits per heavy atom. The van der Waals surface area contributed by atoms with Crippen LogP contribution in [0.1, 0.15) is 24.8 Å². The van der Waals surface area contributed by atoms with Crippen molar-refractivity contribution in [2.24, 2.45) is 11.7 Å². The summed E-state index contributed by atoms with van der Waals surface area (Å²) in [4.78, 5) is 23.6. The molecular formula is C16H22ClN3O3. The molecule has 2 aliphatic rings. The first-order valence-corrected chi connectivity index (χ1v) is 7.70. The van der Waals surface area contributed by atoms with Gasteiger partial charge in [-0.05, 0) is 48.9 Å². The van der Waals surface area contributed by atoms with Crippen LogP contribution in [0.5, 0.6) is 0 Å². The smallest absolute Gasteiger partial charge is 0.241 e. The third-order valence-corrected chi connectivity index (χ3v) is 4.34. The van der Waals surface area contributed by atoms with E-state index in [9.17, 15) is 9.59 Å². The summed E-state index contributed by atoms with van der Waals surface area (Å²) in [5.74, 6) is 0.0446. The van der Waals surface area contributed by atoms with E-state index in [4.69, 9.17) is 10.5 Å². The van der Waals surface area contributed by atoms with Crippen molar-refractivity contribution in [3.05, 3.63) is 23.8 Å². The molecule has 0 saturated carbocycles. The molecule has 0 aliphatic carbocycles. The number of hydrogen-bond acceptors (Lipinski definition) is 4. The Labute approximate surface area is 141 Å². The number of hydrogen-bond donors (Lipinski definition) is 3. The molecule has 7 heteroatoms. The van der Waals surface area contributed by atoms with Crippen molar-refractivity contribution in [1.29, 1.82) is 0 Å². The summed E-state index contributed by atoms with van der Waals surface area (Å²) in [6.45, 7) is 1.34. The molecule has 1 unspecified atom stereocenters. The van der Waals surface area contributed by atoms with Gasteiger partial charge in [-0.1, -0.05) is 0 Å².